The van der Waals surface area contributed by atoms with Crippen LogP contribution < -0.4 is 4.74 Å². The highest BCUT2D eigenvalue weighted by molar-refractivity contribution is 7.80. The van der Waals surface area contributed by atoms with E-state index in [2.05, 4.69) is 4.74 Å². The number of carbonyl (C=O) groups is 2. The van der Waals surface area contributed by atoms with Crippen LogP contribution in [0.1, 0.15) is 12.5 Å². The van der Waals surface area contributed by atoms with Gasteiger partial charge in [0.05, 0.1) is 23.8 Å². The number of ether oxygens (including phenoxy) is 2. The van der Waals surface area contributed by atoms with Crippen molar-refractivity contribution in [1.29, 1.82) is 0 Å². The molecule has 0 N–H and O–H groups in total. The zero-order chi connectivity index (χ0) is 18.7. The minimum Gasteiger partial charge on any atom is -0.491 e. The predicted octanol–water partition coefficient (Wildman–Crippen LogP) is 2.96. The second-order valence-corrected chi connectivity index (χ2v) is 6.26. The van der Waals surface area contributed by atoms with E-state index in [1.165, 1.54) is 24.0 Å². The Morgan fingerprint density at radius 1 is 1.32 bits per heavy atom. The summed E-state index contributed by atoms with van der Waals surface area (Å²) >= 11 is 17.6. The molecule has 2 rings (SSSR count). The van der Waals surface area contributed by atoms with Gasteiger partial charge in [-0.25, -0.2) is 0 Å². The standard InChI is InChI=1S/C16H16Cl2N2O4S/c1-4-24-14-10(17)5-9(6-11(14)18)7-12-15(22)19(2)16(25)20(12)8-13(21)23-3/h5-7H,4,8H2,1-3H3. The molecular formula is C16H16Cl2N2O4S. The van der Waals surface area contributed by atoms with Gasteiger partial charge in [0.15, 0.2) is 10.9 Å². The number of hydrogen-bond acceptors (Lipinski definition) is 5. The quantitative estimate of drug-likeness (QED) is 0.428. The number of halogens is 2. The maximum absolute atomic E-state index is 12.4. The lowest BCUT2D eigenvalue weighted by atomic mass is 10.1. The number of benzene rings is 1. The minimum atomic E-state index is -0.515. The van der Waals surface area contributed by atoms with Crippen molar-refractivity contribution in [3.63, 3.8) is 0 Å². The third kappa shape index (κ3) is 4.05. The molecule has 1 heterocycles. The van der Waals surface area contributed by atoms with Crippen LogP contribution in [0.4, 0.5) is 0 Å². The number of amides is 1. The van der Waals surface area contributed by atoms with Crippen LogP contribution in [-0.4, -0.2) is 54.1 Å². The highest BCUT2D eigenvalue weighted by Crippen LogP contribution is 2.35. The van der Waals surface area contributed by atoms with E-state index in [-0.39, 0.29) is 23.3 Å². The summed E-state index contributed by atoms with van der Waals surface area (Å²) in [7, 11) is 2.80. The molecule has 0 aromatic heterocycles. The molecule has 0 saturated carbocycles. The summed E-state index contributed by atoms with van der Waals surface area (Å²) in [6, 6.07) is 3.24. The van der Waals surface area contributed by atoms with Gasteiger partial charge >= 0.3 is 5.97 Å². The third-order valence-corrected chi connectivity index (χ3v) is 4.52. The lowest BCUT2D eigenvalue weighted by molar-refractivity contribution is -0.140. The lowest BCUT2D eigenvalue weighted by Gasteiger charge is -2.17. The second-order valence-electron chi connectivity index (χ2n) is 5.09. The van der Waals surface area contributed by atoms with Crippen molar-refractivity contribution in [1.82, 2.24) is 9.80 Å². The zero-order valence-corrected chi connectivity index (χ0v) is 16.2. The number of methoxy groups -OCH3 is 1. The molecule has 0 bridgehead atoms. The lowest BCUT2D eigenvalue weighted by Crippen LogP contribution is -2.33. The van der Waals surface area contributed by atoms with E-state index < -0.39 is 5.97 Å². The number of hydrogen-bond donors (Lipinski definition) is 0. The largest absolute Gasteiger partial charge is 0.491 e. The van der Waals surface area contributed by atoms with E-state index in [1.54, 1.807) is 18.2 Å². The number of likely N-dealkylation sites (N-methyl/N-ethyl adjacent to an activating group) is 1. The van der Waals surface area contributed by atoms with Crippen LogP contribution in [0.15, 0.2) is 17.8 Å². The Bertz CT molecular complexity index is 743. The average molecular weight is 403 g/mol. The Labute approximate surface area is 160 Å². The number of esters is 1. The predicted molar refractivity (Wildman–Crippen MR) is 99.7 cm³/mol. The molecule has 0 radical (unpaired) electrons. The topological polar surface area (TPSA) is 59.1 Å². The molecule has 0 spiro atoms. The number of thiocarbonyl (C=S) groups is 1. The maximum atomic E-state index is 12.4. The normalized spacial score (nSPS) is 16.0. The Morgan fingerprint density at radius 2 is 1.92 bits per heavy atom. The first-order chi connectivity index (χ1) is 11.8. The number of rotatable bonds is 5. The Kier molecular flexibility index (Phi) is 6.26. The minimum absolute atomic E-state index is 0.171. The van der Waals surface area contributed by atoms with Crippen LogP contribution in [-0.2, 0) is 14.3 Å². The van der Waals surface area contributed by atoms with E-state index in [0.717, 1.165) is 0 Å². The molecule has 9 heteroatoms. The summed E-state index contributed by atoms with van der Waals surface area (Å²) in [4.78, 5) is 26.7. The van der Waals surface area contributed by atoms with Gasteiger partial charge < -0.3 is 14.4 Å². The zero-order valence-electron chi connectivity index (χ0n) is 13.8. The SMILES string of the molecule is CCOc1c(Cl)cc(C=C2C(=O)N(C)C(=S)N2CC(=O)OC)cc1Cl. The fourth-order valence-corrected chi connectivity index (χ4v) is 3.11. The summed E-state index contributed by atoms with van der Waals surface area (Å²) in [6.07, 6.45) is 1.56. The van der Waals surface area contributed by atoms with E-state index in [1.807, 2.05) is 6.92 Å². The van der Waals surface area contributed by atoms with Crippen molar-refractivity contribution >= 4 is 58.5 Å². The third-order valence-electron chi connectivity index (χ3n) is 3.46. The van der Waals surface area contributed by atoms with E-state index in [9.17, 15) is 9.59 Å². The highest BCUT2D eigenvalue weighted by atomic mass is 35.5. The van der Waals surface area contributed by atoms with Gasteiger partial charge in [0.2, 0.25) is 0 Å². The molecule has 0 unspecified atom stereocenters. The Balaban J connectivity index is 2.44. The molecule has 1 aliphatic heterocycles. The molecule has 1 aromatic rings. The van der Waals surface area contributed by atoms with Crippen molar-refractivity contribution in [2.24, 2.45) is 0 Å². The van der Waals surface area contributed by atoms with Crippen LogP contribution >= 0.6 is 35.4 Å². The first-order valence-corrected chi connectivity index (χ1v) is 8.46. The fourth-order valence-electron chi connectivity index (χ4n) is 2.25. The molecular weight excluding hydrogens is 387 g/mol. The number of carbonyl (C=O) groups excluding carboxylic acids is 2. The monoisotopic (exact) mass is 402 g/mol. The average Bonchev–Trinajstić information content (AvgIpc) is 2.76. The summed E-state index contributed by atoms with van der Waals surface area (Å²) in [5, 5.41) is 0.856. The highest BCUT2D eigenvalue weighted by Gasteiger charge is 2.36. The molecule has 0 aliphatic carbocycles. The summed E-state index contributed by atoms with van der Waals surface area (Å²) in [6.45, 7) is 2.07. The van der Waals surface area contributed by atoms with Crippen LogP contribution in [0.5, 0.6) is 5.75 Å². The summed E-state index contributed by atoms with van der Waals surface area (Å²) in [5.74, 6) is -0.473. The van der Waals surface area contributed by atoms with Crippen molar-refractivity contribution in [2.45, 2.75) is 6.92 Å². The molecule has 1 fully saturated rings. The van der Waals surface area contributed by atoms with E-state index >= 15 is 0 Å². The molecule has 1 aliphatic rings. The molecule has 1 amide bonds. The van der Waals surface area contributed by atoms with Gasteiger partial charge in [-0.05, 0) is 42.9 Å². The van der Waals surface area contributed by atoms with Crippen molar-refractivity contribution in [2.75, 3.05) is 27.3 Å². The van der Waals surface area contributed by atoms with Crippen LogP contribution in [0.25, 0.3) is 6.08 Å². The van der Waals surface area contributed by atoms with Gasteiger partial charge in [-0.3, -0.25) is 14.5 Å². The van der Waals surface area contributed by atoms with Gasteiger partial charge in [0.1, 0.15) is 12.2 Å². The molecule has 0 atom stereocenters. The molecule has 134 valence electrons. The van der Waals surface area contributed by atoms with Gasteiger partial charge in [0, 0.05) is 7.05 Å². The molecule has 6 nitrogen and oxygen atoms in total. The van der Waals surface area contributed by atoms with Gasteiger partial charge in [-0.1, -0.05) is 23.2 Å². The van der Waals surface area contributed by atoms with Gasteiger partial charge in [-0.2, -0.15) is 0 Å². The molecule has 25 heavy (non-hydrogen) atoms. The molecule has 1 saturated heterocycles. The second kappa shape index (κ2) is 8.03. The smallest absolute Gasteiger partial charge is 0.325 e. The van der Waals surface area contributed by atoms with Crippen LogP contribution in [0.2, 0.25) is 10.0 Å². The summed E-state index contributed by atoms with van der Waals surface area (Å²) < 4.78 is 10.0. The first-order valence-electron chi connectivity index (χ1n) is 7.30. The Hall–Kier alpha value is -1.83. The van der Waals surface area contributed by atoms with Gasteiger partial charge in [0.25, 0.3) is 5.91 Å². The number of nitrogens with zero attached hydrogens (tertiary/aromatic N) is 2. The molecule has 1 aromatic carbocycles. The maximum Gasteiger partial charge on any atom is 0.325 e. The fraction of sp³-hybridized carbons (Fsp3) is 0.312. The summed E-state index contributed by atoms with van der Waals surface area (Å²) in [5.41, 5.74) is 0.809. The Morgan fingerprint density at radius 3 is 2.44 bits per heavy atom. The van der Waals surface area contributed by atoms with Crippen LogP contribution in [0.3, 0.4) is 0 Å². The van der Waals surface area contributed by atoms with Crippen molar-refractivity contribution in [3.05, 3.63) is 33.4 Å². The first kappa shape index (κ1) is 19.5. The van der Waals surface area contributed by atoms with Crippen molar-refractivity contribution in [3.8, 4) is 5.75 Å². The van der Waals surface area contributed by atoms with Crippen LogP contribution in [0, 0.1) is 0 Å². The van der Waals surface area contributed by atoms with E-state index in [0.29, 0.717) is 28.0 Å². The van der Waals surface area contributed by atoms with Crippen molar-refractivity contribution < 1.29 is 19.1 Å². The van der Waals surface area contributed by atoms with Gasteiger partial charge in [-0.15, -0.1) is 0 Å². The van der Waals surface area contributed by atoms with E-state index in [4.69, 9.17) is 40.2 Å².